The Morgan fingerprint density at radius 3 is 2.63 bits per heavy atom. The van der Waals surface area contributed by atoms with Crippen LogP contribution in [0.4, 0.5) is 0 Å². The number of hydrogen-bond acceptors (Lipinski definition) is 3. The second kappa shape index (κ2) is 9.29. The summed E-state index contributed by atoms with van der Waals surface area (Å²) in [4.78, 5) is 18.9. The maximum Gasteiger partial charge on any atom is 0.251 e. The van der Waals surface area contributed by atoms with Crippen LogP contribution in [0.25, 0.3) is 0 Å². The number of thioether (sulfide) groups is 1. The Balaban J connectivity index is 2.22. The van der Waals surface area contributed by atoms with Crippen molar-refractivity contribution in [1.29, 1.82) is 0 Å². The van der Waals surface area contributed by atoms with E-state index in [0.717, 1.165) is 22.7 Å². The molecule has 0 fully saturated rings. The Morgan fingerprint density at radius 2 is 2.04 bits per heavy atom. The average molecular weight is 407 g/mol. The van der Waals surface area contributed by atoms with Gasteiger partial charge in [-0.15, -0.1) is 0 Å². The zero-order valence-corrected chi connectivity index (χ0v) is 18.8. The number of H-pyrrole nitrogens is 1. The SMILES string of the molecule is Cc1cc(=O)[nH]c(SCC2=C(Cl)C=CC(CCC(C)(C)C)C=C2C(C)C)n1. The summed E-state index contributed by atoms with van der Waals surface area (Å²) >= 11 is 8.18. The fraction of sp³-hybridized carbons (Fsp3) is 0.545. The molecular formula is C22H31ClN2OS. The lowest BCUT2D eigenvalue weighted by atomic mass is 9.85. The summed E-state index contributed by atoms with van der Waals surface area (Å²) in [7, 11) is 0. The van der Waals surface area contributed by atoms with Crippen molar-refractivity contribution in [3.63, 3.8) is 0 Å². The molecule has 1 unspecified atom stereocenters. The van der Waals surface area contributed by atoms with Gasteiger partial charge in [-0.25, -0.2) is 4.98 Å². The third-order valence-electron chi connectivity index (χ3n) is 4.57. The lowest BCUT2D eigenvalue weighted by molar-refractivity contribution is 0.353. The van der Waals surface area contributed by atoms with Crippen LogP contribution in [0.2, 0.25) is 0 Å². The Morgan fingerprint density at radius 1 is 1.33 bits per heavy atom. The first kappa shape index (κ1) is 22.0. The summed E-state index contributed by atoms with van der Waals surface area (Å²) in [6, 6.07) is 1.50. The van der Waals surface area contributed by atoms with Gasteiger partial charge in [-0.3, -0.25) is 4.79 Å². The Hall–Kier alpha value is -1.26. The van der Waals surface area contributed by atoms with Crippen LogP contribution >= 0.6 is 23.4 Å². The molecule has 0 saturated carbocycles. The topological polar surface area (TPSA) is 45.8 Å². The first-order valence-corrected chi connectivity index (χ1v) is 10.9. The number of aromatic nitrogens is 2. The van der Waals surface area contributed by atoms with Crippen LogP contribution in [0.1, 0.15) is 53.2 Å². The van der Waals surface area contributed by atoms with Crippen molar-refractivity contribution >= 4 is 23.4 Å². The predicted molar refractivity (Wildman–Crippen MR) is 117 cm³/mol. The molecule has 148 valence electrons. The second-order valence-electron chi connectivity index (χ2n) is 8.71. The van der Waals surface area contributed by atoms with Gasteiger partial charge >= 0.3 is 0 Å². The van der Waals surface area contributed by atoms with E-state index in [4.69, 9.17) is 11.6 Å². The average Bonchev–Trinajstić information content (AvgIpc) is 2.69. The van der Waals surface area contributed by atoms with E-state index in [1.807, 2.05) is 13.0 Å². The normalized spacial score (nSPS) is 18.1. The molecule has 1 heterocycles. The van der Waals surface area contributed by atoms with Crippen molar-refractivity contribution in [1.82, 2.24) is 9.97 Å². The Labute approximate surface area is 172 Å². The lowest BCUT2D eigenvalue weighted by Gasteiger charge is -2.21. The fourth-order valence-electron chi connectivity index (χ4n) is 3.07. The first-order chi connectivity index (χ1) is 12.5. The van der Waals surface area contributed by atoms with E-state index >= 15 is 0 Å². The molecule has 1 aromatic heterocycles. The molecule has 0 bridgehead atoms. The van der Waals surface area contributed by atoms with Gasteiger partial charge in [0.2, 0.25) is 0 Å². The van der Waals surface area contributed by atoms with E-state index in [2.05, 4.69) is 56.7 Å². The molecule has 1 N–H and O–H groups in total. The number of nitrogens with zero attached hydrogens (tertiary/aromatic N) is 1. The van der Waals surface area contributed by atoms with Crippen LogP contribution in [0.15, 0.2) is 50.4 Å². The highest BCUT2D eigenvalue weighted by atomic mass is 35.5. The number of halogens is 1. The zero-order chi connectivity index (χ0) is 20.2. The standard InChI is InChI=1S/C22H31ClN2OS/c1-14(2)17-12-16(9-10-22(4,5)6)7-8-19(23)18(17)13-27-21-24-15(3)11-20(26)25-21/h7-8,11-12,14,16H,9-10,13H2,1-6H3,(H,24,25,26). The molecular weight excluding hydrogens is 376 g/mol. The number of allylic oxidation sites excluding steroid dienone is 5. The summed E-state index contributed by atoms with van der Waals surface area (Å²) in [5, 5.41) is 1.42. The number of aryl methyl sites for hydroxylation is 1. The van der Waals surface area contributed by atoms with E-state index in [-0.39, 0.29) is 5.56 Å². The maximum absolute atomic E-state index is 11.7. The van der Waals surface area contributed by atoms with Crippen LogP contribution in [0.3, 0.4) is 0 Å². The van der Waals surface area contributed by atoms with E-state index < -0.39 is 0 Å². The van der Waals surface area contributed by atoms with Gasteiger partial charge in [-0.2, -0.15) is 0 Å². The smallest absolute Gasteiger partial charge is 0.251 e. The fourth-order valence-corrected chi connectivity index (χ4v) is 4.38. The minimum absolute atomic E-state index is 0.118. The van der Waals surface area contributed by atoms with Gasteiger partial charge in [0.05, 0.1) is 0 Å². The largest absolute Gasteiger partial charge is 0.301 e. The first-order valence-electron chi connectivity index (χ1n) is 9.55. The molecule has 0 radical (unpaired) electrons. The molecule has 0 spiro atoms. The highest BCUT2D eigenvalue weighted by molar-refractivity contribution is 7.99. The minimum Gasteiger partial charge on any atom is -0.301 e. The Bertz CT molecular complexity index is 812. The van der Waals surface area contributed by atoms with Gasteiger partial charge < -0.3 is 4.98 Å². The number of aromatic amines is 1. The monoisotopic (exact) mass is 406 g/mol. The maximum atomic E-state index is 11.7. The van der Waals surface area contributed by atoms with Crippen molar-refractivity contribution in [3.8, 4) is 0 Å². The van der Waals surface area contributed by atoms with Crippen LogP contribution in [0, 0.1) is 24.2 Å². The molecule has 1 aromatic rings. The number of nitrogens with one attached hydrogen (secondary N) is 1. The molecule has 0 aromatic carbocycles. The van der Waals surface area contributed by atoms with Gasteiger partial charge in [-0.1, -0.05) is 70.1 Å². The molecule has 1 aliphatic carbocycles. The van der Waals surface area contributed by atoms with Gasteiger partial charge in [0.1, 0.15) is 0 Å². The minimum atomic E-state index is -0.118. The van der Waals surface area contributed by atoms with Gasteiger partial charge in [-0.05, 0) is 54.2 Å². The van der Waals surface area contributed by atoms with Gasteiger partial charge in [0.15, 0.2) is 5.16 Å². The highest BCUT2D eigenvalue weighted by Gasteiger charge is 2.20. The van der Waals surface area contributed by atoms with Crippen molar-refractivity contribution < 1.29 is 0 Å². The third-order valence-corrected chi connectivity index (χ3v) is 5.82. The van der Waals surface area contributed by atoms with Gasteiger partial charge in [0.25, 0.3) is 5.56 Å². The molecule has 0 aliphatic heterocycles. The summed E-state index contributed by atoms with van der Waals surface area (Å²) in [6.07, 6.45) is 8.93. The van der Waals surface area contributed by atoms with Crippen molar-refractivity contribution in [2.45, 2.75) is 59.5 Å². The lowest BCUT2D eigenvalue weighted by Crippen LogP contribution is -2.10. The summed E-state index contributed by atoms with van der Waals surface area (Å²) in [6.45, 7) is 13.1. The summed E-state index contributed by atoms with van der Waals surface area (Å²) in [5.41, 5.74) is 3.36. The highest BCUT2D eigenvalue weighted by Crippen LogP contribution is 2.35. The molecule has 1 aliphatic rings. The van der Waals surface area contributed by atoms with E-state index in [1.165, 1.54) is 29.8 Å². The number of rotatable bonds is 6. The van der Waals surface area contributed by atoms with Crippen LogP contribution in [0.5, 0.6) is 0 Å². The van der Waals surface area contributed by atoms with E-state index in [1.54, 1.807) is 0 Å². The predicted octanol–water partition coefficient (Wildman–Crippen LogP) is 6.26. The summed E-state index contributed by atoms with van der Waals surface area (Å²) < 4.78 is 0. The van der Waals surface area contributed by atoms with E-state index in [0.29, 0.717) is 28.2 Å². The third kappa shape index (κ3) is 7.00. The molecule has 0 amide bonds. The van der Waals surface area contributed by atoms with Crippen molar-refractivity contribution in [3.05, 3.63) is 56.5 Å². The molecule has 0 saturated heterocycles. The summed E-state index contributed by atoms with van der Waals surface area (Å²) in [5.74, 6) is 1.47. The second-order valence-corrected chi connectivity index (χ2v) is 10.1. The molecule has 27 heavy (non-hydrogen) atoms. The van der Waals surface area contributed by atoms with Crippen LogP contribution < -0.4 is 5.56 Å². The molecule has 3 nitrogen and oxygen atoms in total. The number of hydrogen-bond donors (Lipinski definition) is 1. The Kier molecular flexibility index (Phi) is 7.58. The van der Waals surface area contributed by atoms with Crippen LogP contribution in [-0.4, -0.2) is 15.7 Å². The quantitative estimate of drug-likeness (QED) is 0.448. The molecule has 5 heteroatoms. The molecule has 2 rings (SSSR count). The van der Waals surface area contributed by atoms with Crippen molar-refractivity contribution in [2.75, 3.05) is 5.75 Å². The zero-order valence-electron chi connectivity index (χ0n) is 17.2. The van der Waals surface area contributed by atoms with Crippen LogP contribution in [-0.2, 0) is 0 Å². The van der Waals surface area contributed by atoms with E-state index in [9.17, 15) is 4.79 Å². The van der Waals surface area contributed by atoms with Crippen molar-refractivity contribution in [2.24, 2.45) is 17.3 Å². The molecule has 1 atom stereocenters. The van der Waals surface area contributed by atoms with Gasteiger partial charge in [0, 0.05) is 22.5 Å².